The Labute approximate surface area is 170 Å². The zero-order chi connectivity index (χ0) is 20.1. The molecule has 1 saturated heterocycles. The van der Waals surface area contributed by atoms with Crippen LogP contribution in [0.1, 0.15) is 18.4 Å². The summed E-state index contributed by atoms with van der Waals surface area (Å²) in [6.07, 6.45) is 1.28. The topological polar surface area (TPSA) is 75.7 Å². The van der Waals surface area contributed by atoms with E-state index in [0.717, 1.165) is 0 Å². The number of anilines is 1. The Hall–Kier alpha value is -2.09. The van der Waals surface area contributed by atoms with Gasteiger partial charge in [-0.15, -0.1) is 0 Å². The molecule has 2 aromatic carbocycles. The zero-order valence-electron chi connectivity index (χ0n) is 15.6. The van der Waals surface area contributed by atoms with Crippen LogP contribution in [0.4, 0.5) is 5.69 Å². The number of methoxy groups -OCH3 is 1. The number of nitrogens with zero attached hydrogens (tertiary/aromatic N) is 1. The molecule has 1 N–H and O–H groups in total. The van der Waals surface area contributed by atoms with E-state index in [9.17, 15) is 13.2 Å². The molecule has 2 aromatic rings. The summed E-state index contributed by atoms with van der Waals surface area (Å²) < 4.78 is 32.2. The number of hydrogen-bond acceptors (Lipinski definition) is 4. The highest BCUT2D eigenvalue weighted by Crippen LogP contribution is 2.25. The van der Waals surface area contributed by atoms with Crippen LogP contribution in [0, 0.1) is 5.92 Å². The van der Waals surface area contributed by atoms with E-state index in [1.54, 1.807) is 55.6 Å². The lowest BCUT2D eigenvalue weighted by Crippen LogP contribution is -2.44. The standard InChI is InChI=1S/C20H23ClN2O4S/c1-27-18-9-4-8-17(12-18)22-20(24)15-7-5-11-23(13-15)28(25,26)14-16-6-2-3-10-19(16)21/h2-4,6,8-10,12,15H,5,7,11,13-14H2,1H3,(H,22,24)/t15-/m0/s1. The molecular formula is C20H23ClN2O4S. The fourth-order valence-electron chi connectivity index (χ4n) is 3.26. The lowest BCUT2D eigenvalue weighted by atomic mass is 9.98. The number of carbonyl (C=O) groups is 1. The Morgan fingerprint density at radius 1 is 1.25 bits per heavy atom. The van der Waals surface area contributed by atoms with Gasteiger partial charge in [-0.1, -0.05) is 35.9 Å². The first-order chi connectivity index (χ1) is 13.4. The van der Waals surface area contributed by atoms with Crippen LogP contribution in [0.3, 0.4) is 0 Å². The Kier molecular flexibility index (Phi) is 6.59. The molecule has 8 heteroatoms. The van der Waals surface area contributed by atoms with Gasteiger partial charge in [0.15, 0.2) is 0 Å². The molecule has 6 nitrogen and oxygen atoms in total. The molecule has 0 bridgehead atoms. The number of piperidine rings is 1. The van der Waals surface area contributed by atoms with Crippen molar-refractivity contribution in [1.29, 1.82) is 0 Å². The third-order valence-electron chi connectivity index (χ3n) is 4.78. The van der Waals surface area contributed by atoms with Crippen molar-refractivity contribution in [3.63, 3.8) is 0 Å². The molecule has 1 aliphatic rings. The van der Waals surface area contributed by atoms with Gasteiger partial charge in [0.2, 0.25) is 15.9 Å². The molecular weight excluding hydrogens is 400 g/mol. The Bertz CT molecular complexity index is 949. The van der Waals surface area contributed by atoms with E-state index in [1.165, 1.54) is 4.31 Å². The number of rotatable bonds is 6. The molecule has 1 heterocycles. The van der Waals surface area contributed by atoms with Crippen molar-refractivity contribution in [1.82, 2.24) is 4.31 Å². The fourth-order valence-corrected chi connectivity index (χ4v) is 5.18. The highest BCUT2D eigenvalue weighted by Gasteiger charge is 2.32. The summed E-state index contributed by atoms with van der Waals surface area (Å²) in [6.45, 7) is 0.582. The van der Waals surface area contributed by atoms with Crippen LogP contribution in [0.5, 0.6) is 5.75 Å². The maximum atomic E-state index is 12.8. The smallest absolute Gasteiger partial charge is 0.228 e. The first kappa shape index (κ1) is 20.6. The molecule has 0 aromatic heterocycles. The number of halogens is 1. The second kappa shape index (κ2) is 8.94. The lowest BCUT2D eigenvalue weighted by Gasteiger charge is -2.31. The van der Waals surface area contributed by atoms with Gasteiger partial charge in [0.25, 0.3) is 0 Å². The van der Waals surface area contributed by atoms with E-state index < -0.39 is 15.9 Å². The van der Waals surface area contributed by atoms with Crippen molar-refractivity contribution in [2.75, 3.05) is 25.5 Å². The molecule has 3 rings (SSSR count). The Balaban J connectivity index is 1.67. The molecule has 0 unspecified atom stereocenters. The zero-order valence-corrected chi connectivity index (χ0v) is 17.2. The van der Waals surface area contributed by atoms with Crippen molar-refractivity contribution >= 4 is 33.2 Å². The minimum absolute atomic E-state index is 0.169. The van der Waals surface area contributed by atoms with E-state index in [-0.39, 0.29) is 18.2 Å². The van der Waals surface area contributed by atoms with Crippen LogP contribution in [0.2, 0.25) is 5.02 Å². The minimum atomic E-state index is -3.56. The first-order valence-corrected chi connectivity index (χ1v) is 11.0. The van der Waals surface area contributed by atoms with Crippen molar-refractivity contribution < 1.29 is 17.9 Å². The number of ether oxygens (including phenoxy) is 1. The minimum Gasteiger partial charge on any atom is -0.497 e. The largest absolute Gasteiger partial charge is 0.497 e. The second-order valence-corrected chi connectivity index (χ2v) is 9.14. The van der Waals surface area contributed by atoms with Crippen LogP contribution in [-0.2, 0) is 20.6 Å². The second-order valence-electron chi connectivity index (χ2n) is 6.77. The number of amides is 1. The monoisotopic (exact) mass is 422 g/mol. The summed E-state index contributed by atoms with van der Waals surface area (Å²) in [4.78, 5) is 12.7. The summed E-state index contributed by atoms with van der Waals surface area (Å²) in [7, 11) is -2.00. The third-order valence-corrected chi connectivity index (χ3v) is 6.94. The van der Waals surface area contributed by atoms with Crippen LogP contribution < -0.4 is 10.1 Å². The normalized spacial score (nSPS) is 17.9. The average Bonchev–Trinajstić information content (AvgIpc) is 2.70. The molecule has 0 saturated carbocycles. The van der Waals surface area contributed by atoms with E-state index in [0.29, 0.717) is 41.4 Å². The number of nitrogens with one attached hydrogen (secondary N) is 1. The third kappa shape index (κ3) is 5.04. The maximum absolute atomic E-state index is 12.8. The molecule has 28 heavy (non-hydrogen) atoms. The van der Waals surface area contributed by atoms with Crippen molar-refractivity contribution in [2.24, 2.45) is 5.92 Å². The van der Waals surface area contributed by atoms with Crippen LogP contribution in [-0.4, -0.2) is 38.8 Å². The first-order valence-electron chi connectivity index (χ1n) is 9.05. The molecule has 1 amide bonds. The SMILES string of the molecule is COc1cccc(NC(=O)[C@H]2CCCN(S(=O)(=O)Cc3ccccc3Cl)C2)c1. The molecule has 1 aliphatic heterocycles. The van der Waals surface area contributed by atoms with Crippen LogP contribution in [0.15, 0.2) is 48.5 Å². The average molecular weight is 423 g/mol. The highest BCUT2D eigenvalue weighted by molar-refractivity contribution is 7.88. The molecule has 0 aliphatic carbocycles. The quantitative estimate of drug-likeness (QED) is 0.772. The molecule has 1 fully saturated rings. The number of hydrogen-bond donors (Lipinski definition) is 1. The van der Waals surface area contributed by atoms with E-state index in [1.807, 2.05) is 0 Å². The number of carbonyl (C=O) groups excluding carboxylic acids is 1. The Morgan fingerprint density at radius 2 is 2.04 bits per heavy atom. The van der Waals surface area contributed by atoms with Crippen molar-refractivity contribution in [2.45, 2.75) is 18.6 Å². The van der Waals surface area contributed by atoms with Gasteiger partial charge < -0.3 is 10.1 Å². The summed E-state index contributed by atoms with van der Waals surface area (Å²) in [5, 5.41) is 3.28. The molecule has 0 spiro atoms. The van der Waals surface area contributed by atoms with Crippen LogP contribution in [0.25, 0.3) is 0 Å². The van der Waals surface area contributed by atoms with Gasteiger partial charge in [0.05, 0.1) is 18.8 Å². The molecule has 150 valence electrons. The Morgan fingerprint density at radius 3 is 2.79 bits per heavy atom. The predicted molar refractivity (Wildman–Crippen MR) is 110 cm³/mol. The number of benzene rings is 2. The highest BCUT2D eigenvalue weighted by atomic mass is 35.5. The van der Waals surface area contributed by atoms with Gasteiger partial charge >= 0.3 is 0 Å². The fraction of sp³-hybridized carbons (Fsp3) is 0.350. The van der Waals surface area contributed by atoms with Gasteiger partial charge in [-0.05, 0) is 36.6 Å². The van der Waals surface area contributed by atoms with Gasteiger partial charge in [0.1, 0.15) is 5.75 Å². The summed E-state index contributed by atoms with van der Waals surface area (Å²) in [5.41, 5.74) is 1.19. The van der Waals surface area contributed by atoms with E-state index >= 15 is 0 Å². The summed E-state index contributed by atoms with van der Waals surface area (Å²) in [6, 6.07) is 14.0. The van der Waals surface area contributed by atoms with Crippen molar-refractivity contribution in [3.05, 3.63) is 59.1 Å². The van der Waals surface area contributed by atoms with Gasteiger partial charge in [-0.2, -0.15) is 0 Å². The van der Waals surface area contributed by atoms with E-state index in [4.69, 9.17) is 16.3 Å². The molecule has 1 atom stereocenters. The van der Waals surface area contributed by atoms with Gasteiger partial charge in [-0.25, -0.2) is 12.7 Å². The summed E-state index contributed by atoms with van der Waals surface area (Å²) in [5.74, 6) is -0.117. The lowest BCUT2D eigenvalue weighted by molar-refractivity contribution is -0.120. The summed E-state index contributed by atoms with van der Waals surface area (Å²) >= 11 is 6.11. The van der Waals surface area contributed by atoms with E-state index in [2.05, 4.69) is 5.32 Å². The molecule has 0 radical (unpaired) electrons. The maximum Gasteiger partial charge on any atom is 0.228 e. The van der Waals surface area contributed by atoms with Gasteiger partial charge in [-0.3, -0.25) is 4.79 Å². The van der Waals surface area contributed by atoms with Crippen LogP contribution >= 0.6 is 11.6 Å². The van der Waals surface area contributed by atoms with Crippen molar-refractivity contribution in [3.8, 4) is 5.75 Å². The number of sulfonamides is 1. The predicted octanol–water partition coefficient (Wildman–Crippen LogP) is 3.53. The van der Waals surface area contributed by atoms with Gasteiger partial charge in [0, 0.05) is 29.9 Å².